The molecule has 2 N–H and O–H groups in total. The van der Waals surface area contributed by atoms with Crippen LogP contribution in [0.25, 0.3) is 0 Å². The van der Waals surface area contributed by atoms with E-state index in [2.05, 4.69) is 17.6 Å². The fourth-order valence-corrected chi connectivity index (χ4v) is 3.17. The van der Waals surface area contributed by atoms with Gasteiger partial charge >= 0.3 is 5.97 Å². The van der Waals surface area contributed by atoms with Crippen LogP contribution in [-0.2, 0) is 14.3 Å². The molecule has 1 aliphatic carbocycles. The van der Waals surface area contributed by atoms with Crippen LogP contribution < -0.4 is 20.1 Å². The number of esters is 1. The van der Waals surface area contributed by atoms with Crippen LogP contribution in [0.3, 0.4) is 0 Å². The van der Waals surface area contributed by atoms with Crippen LogP contribution in [-0.4, -0.2) is 51.2 Å². The lowest BCUT2D eigenvalue weighted by molar-refractivity contribution is -0.147. The van der Waals surface area contributed by atoms with Crippen LogP contribution in [0.2, 0.25) is 0 Å². The summed E-state index contributed by atoms with van der Waals surface area (Å²) in [5.74, 6) is -0.144. The van der Waals surface area contributed by atoms with Crippen molar-refractivity contribution in [1.29, 1.82) is 0 Å². The molecule has 0 bridgehead atoms. The number of ether oxygens (including phenoxy) is 3. The van der Waals surface area contributed by atoms with Crippen molar-refractivity contribution in [3.8, 4) is 11.5 Å². The Morgan fingerprint density at radius 1 is 1.04 bits per heavy atom. The summed E-state index contributed by atoms with van der Waals surface area (Å²) < 4.78 is 15.2. The molecule has 1 fully saturated rings. The van der Waals surface area contributed by atoms with E-state index in [1.807, 2.05) is 0 Å². The lowest BCUT2D eigenvalue weighted by Gasteiger charge is -2.29. The van der Waals surface area contributed by atoms with Crippen LogP contribution in [0.5, 0.6) is 11.5 Å². The van der Waals surface area contributed by atoms with E-state index < -0.39 is 11.9 Å². The van der Waals surface area contributed by atoms with Crippen LogP contribution in [0.1, 0.15) is 43.0 Å². The maximum Gasteiger partial charge on any atom is 0.325 e. The predicted molar refractivity (Wildman–Crippen MR) is 102 cm³/mol. The van der Waals surface area contributed by atoms with Gasteiger partial charge in [0.1, 0.15) is 18.0 Å². The largest absolute Gasteiger partial charge is 0.497 e. The first kappa shape index (κ1) is 21.5. The van der Waals surface area contributed by atoms with Crippen LogP contribution in [0.4, 0.5) is 0 Å². The second-order valence-electron chi connectivity index (χ2n) is 6.88. The number of hydrogen-bond donors (Lipinski definition) is 2. The Labute approximate surface area is 164 Å². The number of carbonyl (C=O) groups excluding carboxylic acids is 3. The summed E-state index contributed by atoms with van der Waals surface area (Å²) in [6, 6.07) is 4.82. The lowest BCUT2D eigenvalue weighted by atomic mass is 9.86. The van der Waals surface area contributed by atoms with Crippen molar-refractivity contribution in [2.45, 2.75) is 38.6 Å². The highest BCUT2D eigenvalue weighted by Crippen LogP contribution is 2.24. The predicted octanol–water partition coefficient (Wildman–Crippen LogP) is 1.67. The molecule has 8 heteroatoms. The van der Waals surface area contributed by atoms with E-state index in [-0.39, 0.29) is 30.7 Å². The molecule has 0 aliphatic heterocycles. The zero-order valence-corrected chi connectivity index (χ0v) is 16.6. The Bertz CT molecular complexity index is 684. The highest BCUT2D eigenvalue weighted by Gasteiger charge is 2.23. The van der Waals surface area contributed by atoms with E-state index in [1.165, 1.54) is 32.8 Å². The minimum absolute atomic E-state index is 0.127. The second-order valence-corrected chi connectivity index (χ2v) is 6.88. The van der Waals surface area contributed by atoms with Crippen molar-refractivity contribution in [2.75, 3.05) is 27.4 Å². The average molecular weight is 392 g/mol. The molecule has 28 heavy (non-hydrogen) atoms. The van der Waals surface area contributed by atoms with E-state index >= 15 is 0 Å². The average Bonchev–Trinajstić information content (AvgIpc) is 2.71. The maximum absolute atomic E-state index is 12.2. The molecular formula is C20H28N2O6. The molecule has 2 atom stereocenters. The third-order valence-electron chi connectivity index (χ3n) is 4.83. The van der Waals surface area contributed by atoms with E-state index in [9.17, 15) is 14.4 Å². The van der Waals surface area contributed by atoms with Gasteiger partial charge in [0, 0.05) is 17.7 Å². The Kier molecular flexibility index (Phi) is 8.10. The third kappa shape index (κ3) is 6.44. The monoisotopic (exact) mass is 392 g/mol. The summed E-state index contributed by atoms with van der Waals surface area (Å²) in [5.41, 5.74) is 0.285. The molecule has 0 spiro atoms. The molecule has 1 aromatic carbocycles. The van der Waals surface area contributed by atoms with Crippen molar-refractivity contribution >= 4 is 17.8 Å². The zero-order chi connectivity index (χ0) is 20.5. The molecule has 1 saturated carbocycles. The molecule has 2 amide bonds. The van der Waals surface area contributed by atoms with Gasteiger partial charge in [0.15, 0.2) is 6.61 Å². The molecule has 1 aromatic rings. The van der Waals surface area contributed by atoms with Gasteiger partial charge in [0.05, 0.1) is 14.2 Å². The van der Waals surface area contributed by atoms with Gasteiger partial charge in [-0.1, -0.05) is 19.8 Å². The molecule has 0 aromatic heterocycles. The summed E-state index contributed by atoms with van der Waals surface area (Å²) >= 11 is 0. The normalized spacial score (nSPS) is 18.7. The van der Waals surface area contributed by atoms with Crippen molar-refractivity contribution in [3.63, 3.8) is 0 Å². The standard InChI is InChI=1S/C20H28N2O6/c1-13-6-4-5-7-17(13)22-18(23)12-28-19(24)11-21-20(25)14-8-15(26-2)10-16(9-14)27-3/h8-10,13,17H,4-7,11-12H2,1-3H3,(H,21,25)(H,22,23)/t13-,17+/m1/s1. The van der Waals surface area contributed by atoms with Gasteiger partial charge in [-0.15, -0.1) is 0 Å². The van der Waals surface area contributed by atoms with Gasteiger partial charge in [-0.05, 0) is 30.9 Å². The summed E-state index contributed by atoms with van der Waals surface area (Å²) in [6.07, 6.45) is 4.31. The van der Waals surface area contributed by atoms with E-state index in [0.717, 1.165) is 19.3 Å². The minimum Gasteiger partial charge on any atom is -0.497 e. The molecule has 0 heterocycles. The lowest BCUT2D eigenvalue weighted by Crippen LogP contribution is -2.43. The van der Waals surface area contributed by atoms with Crippen LogP contribution in [0, 0.1) is 5.92 Å². The Hall–Kier alpha value is -2.77. The molecule has 0 saturated heterocycles. The van der Waals surface area contributed by atoms with Gasteiger partial charge < -0.3 is 24.8 Å². The topological polar surface area (TPSA) is 103 Å². The third-order valence-corrected chi connectivity index (χ3v) is 4.83. The molecule has 8 nitrogen and oxygen atoms in total. The number of nitrogens with one attached hydrogen (secondary N) is 2. The van der Waals surface area contributed by atoms with E-state index in [1.54, 1.807) is 6.07 Å². The number of methoxy groups -OCH3 is 2. The summed E-state index contributed by atoms with van der Waals surface area (Å²) in [6.45, 7) is 1.41. The summed E-state index contributed by atoms with van der Waals surface area (Å²) in [5, 5.41) is 5.37. The number of hydrogen-bond acceptors (Lipinski definition) is 6. The first-order valence-electron chi connectivity index (χ1n) is 9.39. The fraction of sp³-hybridized carbons (Fsp3) is 0.550. The Morgan fingerprint density at radius 3 is 2.29 bits per heavy atom. The van der Waals surface area contributed by atoms with Crippen LogP contribution >= 0.6 is 0 Å². The highest BCUT2D eigenvalue weighted by molar-refractivity contribution is 5.96. The number of carbonyl (C=O) groups is 3. The first-order valence-corrected chi connectivity index (χ1v) is 9.39. The maximum atomic E-state index is 12.2. The molecule has 0 radical (unpaired) electrons. The van der Waals surface area contributed by atoms with Gasteiger partial charge in [-0.3, -0.25) is 14.4 Å². The van der Waals surface area contributed by atoms with Gasteiger partial charge in [0.2, 0.25) is 0 Å². The molecule has 0 unspecified atom stereocenters. The molecule has 2 rings (SSSR count). The van der Waals surface area contributed by atoms with Gasteiger partial charge in [-0.2, -0.15) is 0 Å². The number of amides is 2. The SMILES string of the molecule is COc1cc(OC)cc(C(=O)NCC(=O)OCC(=O)N[C@H]2CCCC[C@H]2C)c1. The first-order chi connectivity index (χ1) is 13.4. The highest BCUT2D eigenvalue weighted by atomic mass is 16.5. The molecular weight excluding hydrogens is 364 g/mol. The molecule has 154 valence electrons. The number of rotatable bonds is 8. The Morgan fingerprint density at radius 2 is 1.68 bits per heavy atom. The van der Waals surface area contributed by atoms with Crippen molar-refractivity contribution in [2.24, 2.45) is 5.92 Å². The van der Waals surface area contributed by atoms with E-state index in [0.29, 0.717) is 17.4 Å². The van der Waals surface area contributed by atoms with Crippen molar-refractivity contribution in [1.82, 2.24) is 10.6 Å². The summed E-state index contributed by atoms with van der Waals surface area (Å²) in [7, 11) is 2.96. The summed E-state index contributed by atoms with van der Waals surface area (Å²) in [4.78, 5) is 36.0. The van der Waals surface area contributed by atoms with Crippen molar-refractivity contribution < 1.29 is 28.6 Å². The molecule has 1 aliphatic rings. The van der Waals surface area contributed by atoms with E-state index in [4.69, 9.17) is 14.2 Å². The minimum atomic E-state index is -0.685. The fourth-order valence-electron chi connectivity index (χ4n) is 3.17. The van der Waals surface area contributed by atoms with Gasteiger partial charge in [-0.25, -0.2) is 0 Å². The van der Waals surface area contributed by atoms with Crippen LogP contribution in [0.15, 0.2) is 18.2 Å². The smallest absolute Gasteiger partial charge is 0.325 e. The quantitative estimate of drug-likeness (QED) is 0.653. The van der Waals surface area contributed by atoms with Gasteiger partial charge in [0.25, 0.3) is 11.8 Å². The zero-order valence-electron chi connectivity index (χ0n) is 16.6. The second kappa shape index (κ2) is 10.5. The van der Waals surface area contributed by atoms with Crippen molar-refractivity contribution in [3.05, 3.63) is 23.8 Å². The Balaban J connectivity index is 1.76. The number of benzene rings is 1.